The van der Waals surface area contributed by atoms with Crippen molar-refractivity contribution in [3.8, 4) is 11.5 Å². The van der Waals surface area contributed by atoms with E-state index in [0.29, 0.717) is 10.8 Å². The average Bonchev–Trinajstić information content (AvgIpc) is 2.41. The van der Waals surface area contributed by atoms with Gasteiger partial charge in [-0.3, -0.25) is 0 Å². The summed E-state index contributed by atoms with van der Waals surface area (Å²) in [5.41, 5.74) is 3.49. The number of ether oxygens (including phenoxy) is 1. The van der Waals surface area contributed by atoms with Crippen molar-refractivity contribution in [2.45, 2.75) is 27.3 Å². The zero-order chi connectivity index (χ0) is 14.5. The van der Waals surface area contributed by atoms with E-state index in [1.54, 1.807) is 0 Å². The minimum atomic E-state index is 0.639. The molecule has 0 saturated carbocycles. The summed E-state index contributed by atoms with van der Waals surface area (Å²) in [4.78, 5) is 0. The van der Waals surface area contributed by atoms with Crippen LogP contribution in [0.2, 0.25) is 5.02 Å². The van der Waals surface area contributed by atoms with Crippen LogP contribution in [-0.4, -0.2) is 6.54 Å². The van der Waals surface area contributed by atoms with Gasteiger partial charge in [0.2, 0.25) is 0 Å². The van der Waals surface area contributed by atoms with Gasteiger partial charge in [0.25, 0.3) is 0 Å². The van der Waals surface area contributed by atoms with Crippen molar-refractivity contribution in [2.75, 3.05) is 6.54 Å². The van der Waals surface area contributed by atoms with Gasteiger partial charge in [0, 0.05) is 12.1 Å². The standard InChI is InChI=1S/C17H20ClNO/c1-4-19-11-14-9-12(2)5-7-16(14)20-17-8-6-13(3)10-15(17)18/h5-10,19H,4,11H2,1-3H3. The first-order chi connectivity index (χ1) is 9.60. The van der Waals surface area contributed by atoms with Gasteiger partial charge < -0.3 is 10.1 Å². The van der Waals surface area contributed by atoms with Crippen molar-refractivity contribution in [3.05, 3.63) is 58.1 Å². The number of halogens is 1. The molecule has 106 valence electrons. The summed E-state index contributed by atoms with van der Waals surface area (Å²) in [6, 6.07) is 12.0. The Balaban J connectivity index is 2.27. The third-order valence-corrected chi connectivity index (χ3v) is 3.38. The third kappa shape index (κ3) is 3.75. The largest absolute Gasteiger partial charge is 0.455 e. The molecule has 2 aromatic carbocycles. The van der Waals surface area contributed by atoms with Gasteiger partial charge in [-0.2, -0.15) is 0 Å². The maximum absolute atomic E-state index is 6.23. The molecule has 0 amide bonds. The molecule has 0 bridgehead atoms. The van der Waals surface area contributed by atoms with Crippen LogP contribution in [-0.2, 0) is 6.54 Å². The topological polar surface area (TPSA) is 21.3 Å². The summed E-state index contributed by atoms with van der Waals surface area (Å²) in [7, 11) is 0. The highest BCUT2D eigenvalue weighted by Gasteiger charge is 2.08. The van der Waals surface area contributed by atoms with Crippen LogP contribution in [0, 0.1) is 13.8 Å². The molecule has 0 heterocycles. The van der Waals surface area contributed by atoms with Crippen LogP contribution < -0.4 is 10.1 Å². The monoisotopic (exact) mass is 289 g/mol. The Hall–Kier alpha value is -1.51. The highest BCUT2D eigenvalue weighted by atomic mass is 35.5. The zero-order valence-corrected chi connectivity index (χ0v) is 12.9. The van der Waals surface area contributed by atoms with Crippen molar-refractivity contribution >= 4 is 11.6 Å². The SMILES string of the molecule is CCNCc1cc(C)ccc1Oc1ccc(C)cc1Cl. The first-order valence-electron chi connectivity index (χ1n) is 6.84. The maximum Gasteiger partial charge on any atom is 0.146 e. The van der Waals surface area contributed by atoms with Crippen molar-refractivity contribution in [1.29, 1.82) is 0 Å². The van der Waals surface area contributed by atoms with Crippen molar-refractivity contribution in [1.82, 2.24) is 5.32 Å². The van der Waals surface area contributed by atoms with Crippen molar-refractivity contribution in [3.63, 3.8) is 0 Å². The summed E-state index contributed by atoms with van der Waals surface area (Å²) in [6.45, 7) is 7.90. The fourth-order valence-electron chi connectivity index (χ4n) is 2.01. The number of hydrogen-bond acceptors (Lipinski definition) is 2. The van der Waals surface area contributed by atoms with Crippen LogP contribution in [0.15, 0.2) is 36.4 Å². The average molecular weight is 290 g/mol. The van der Waals surface area contributed by atoms with Gasteiger partial charge in [-0.15, -0.1) is 0 Å². The molecule has 0 fully saturated rings. The second-order valence-corrected chi connectivity index (χ2v) is 5.33. The van der Waals surface area contributed by atoms with Gasteiger partial charge in [-0.25, -0.2) is 0 Å². The number of benzene rings is 2. The normalized spacial score (nSPS) is 10.6. The Morgan fingerprint density at radius 3 is 2.30 bits per heavy atom. The molecule has 0 saturated heterocycles. The molecule has 0 radical (unpaired) electrons. The van der Waals surface area contributed by atoms with Crippen LogP contribution >= 0.6 is 11.6 Å². The smallest absolute Gasteiger partial charge is 0.146 e. The van der Waals surface area contributed by atoms with Gasteiger partial charge in [0.1, 0.15) is 11.5 Å². The highest BCUT2D eigenvalue weighted by Crippen LogP contribution is 2.32. The Labute approximate surface area is 125 Å². The Kier molecular flexibility index (Phi) is 5.05. The molecule has 0 atom stereocenters. The highest BCUT2D eigenvalue weighted by molar-refractivity contribution is 6.32. The Morgan fingerprint density at radius 1 is 1.00 bits per heavy atom. The number of rotatable bonds is 5. The van der Waals surface area contributed by atoms with E-state index in [4.69, 9.17) is 16.3 Å². The summed E-state index contributed by atoms with van der Waals surface area (Å²) >= 11 is 6.23. The second kappa shape index (κ2) is 6.78. The van der Waals surface area contributed by atoms with Crippen LogP contribution in [0.3, 0.4) is 0 Å². The predicted molar refractivity (Wildman–Crippen MR) is 84.8 cm³/mol. The lowest BCUT2D eigenvalue weighted by Gasteiger charge is -2.13. The van der Waals surface area contributed by atoms with Gasteiger partial charge in [-0.1, -0.05) is 42.3 Å². The molecule has 0 aliphatic heterocycles. The fraction of sp³-hybridized carbons (Fsp3) is 0.294. The molecule has 0 aliphatic carbocycles. The molecule has 1 N–H and O–H groups in total. The molecule has 20 heavy (non-hydrogen) atoms. The number of aryl methyl sites for hydroxylation is 2. The molecule has 2 rings (SSSR count). The minimum absolute atomic E-state index is 0.639. The number of hydrogen-bond donors (Lipinski definition) is 1. The van der Waals surface area contributed by atoms with E-state index in [2.05, 4.69) is 25.2 Å². The van der Waals surface area contributed by atoms with Crippen LogP contribution in [0.4, 0.5) is 0 Å². The lowest BCUT2D eigenvalue weighted by Crippen LogP contribution is -2.12. The van der Waals surface area contributed by atoms with Gasteiger partial charge >= 0.3 is 0 Å². The summed E-state index contributed by atoms with van der Waals surface area (Å²) in [5, 5.41) is 3.97. The van der Waals surface area contributed by atoms with E-state index in [1.807, 2.05) is 37.3 Å². The molecule has 0 aliphatic rings. The molecular weight excluding hydrogens is 270 g/mol. The summed E-state index contributed by atoms with van der Waals surface area (Å²) < 4.78 is 5.98. The lowest BCUT2D eigenvalue weighted by molar-refractivity contribution is 0.473. The second-order valence-electron chi connectivity index (χ2n) is 4.93. The Morgan fingerprint density at radius 2 is 1.65 bits per heavy atom. The van der Waals surface area contributed by atoms with E-state index in [0.717, 1.165) is 30.0 Å². The molecule has 2 nitrogen and oxygen atoms in total. The van der Waals surface area contributed by atoms with Crippen molar-refractivity contribution in [2.24, 2.45) is 0 Å². The van der Waals surface area contributed by atoms with Gasteiger partial charge in [0.15, 0.2) is 0 Å². The van der Waals surface area contributed by atoms with E-state index in [-0.39, 0.29) is 0 Å². The molecule has 0 aromatic heterocycles. The van der Waals surface area contributed by atoms with E-state index in [1.165, 1.54) is 5.56 Å². The molecule has 0 unspecified atom stereocenters. The Bertz CT molecular complexity index is 596. The van der Waals surface area contributed by atoms with E-state index in [9.17, 15) is 0 Å². The first-order valence-corrected chi connectivity index (χ1v) is 7.22. The number of nitrogens with one attached hydrogen (secondary N) is 1. The predicted octanol–water partition coefficient (Wildman–Crippen LogP) is 4.86. The lowest BCUT2D eigenvalue weighted by atomic mass is 10.1. The van der Waals surface area contributed by atoms with Crippen LogP contribution in [0.25, 0.3) is 0 Å². The first kappa shape index (κ1) is 14.9. The minimum Gasteiger partial charge on any atom is -0.455 e. The molecular formula is C17H20ClNO. The van der Waals surface area contributed by atoms with Crippen LogP contribution in [0.5, 0.6) is 11.5 Å². The molecule has 3 heteroatoms. The fourth-order valence-corrected chi connectivity index (χ4v) is 2.29. The van der Waals surface area contributed by atoms with Crippen LogP contribution in [0.1, 0.15) is 23.6 Å². The van der Waals surface area contributed by atoms with Crippen molar-refractivity contribution < 1.29 is 4.74 Å². The van der Waals surface area contributed by atoms with Gasteiger partial charge in [-0.05, 0) is 44.2 Å². The third-order valence-electron chi connectivity index (χ3n) is 3.09. The zero-order valence-electron chi connectivity index (χ0n) is 12.2. The summed E-state index contributed by atoms with van der Waals surface area (Å²) in [6.07, 6.45) is 0. The quantitative estimate of drug-likeness (QED) is 0.849. The van der Waals surface area contributed by atoms with Gasteiger partial charge in [0.05, 0.1) is 5.02 Å². The van der Waals surface area contributed by atoms with E-state index >= 15 is 0 Å². The summed E-state index contributed by atoms with van der Waals surface area (Å²) in [5.74, 6) is 1.54. The maximum atomic E-state index is 6.23. The molecule has 2 aromatic rings. The molecule has 0 spiro atoms. The van der Waals surface area contributed by atoms with E-state index < -0.39 is 0 Å².